The van der Waals surface area contributed by atoms with E-state index in [0.717, 1.165) is 24.4 Å². The van der Waals surface area contributed by atoms with Gasteiger partial charge in [-0.1, -0.05) is 22.0 Å². The second-order valence-corrected chi connectivity index (χ2v) is 5.61. The molecule has 1 saturated heterocycles. The van der Waals surface area contributed by atoms with Crippen molar-refractivity contribution >= 4 is 21.6 Å². The maximum Gasteiger partial charge on any atom is 0.137 e. The van der Waals surface area contributed by atoms with E-state index >= 15 is 0 Å². The van der Waals surface area contributed by atoms with Gasteiger partial charge in [-0.15, -0.1) is 0 Å². The van der Waals surface area contributed by atoms with E-state index in [1.165, 1.54) is 13.0 Å². The van der Waals surface area contributed by atoms with Crippen molar-refractivity contribution in [2.24, 2.45) is 0 Å². The quantitative estimate of drug-likeness (QED) is 0.787. The first-order chi connectivity index (χ1) is 7.81. The molecule has 1 aliphatic rings. The Morgan fingerprint density at radius 1 is 1.44 bits per heavy atom. The number of hydrogen-bond acceptors (Lipinski definition) is 2. The van der Waals surface area contributed by atoms with Crippen LogP contribution in [0, 0.1) is 0 Å². The fourth-order valence-corrected chi connectivity index (χ4v) is 2.84. The van der Waals surface area contributed by atoms with Crippen LogP contribution in [0.2, 0.25) is 0 Å². The Bertz CT molecular complexity index is 461. The molecule has 0 N–H and O–H groups in total. The molecule has 0 bridgehead atoms. The smallest absolute Gasteiger partial charge is 0.137 e. The molecule has 3 nitrogen and oxygen atoms in total. The molecule has 1 atom stereocenters. The molecule has 0 aliphatic carbocycles. The summed E-state index contributed by atoms with van der Waals surface area (Å²) in [5.74, 6) is 0. The summed E-state index contributed by atoms with van der Waals surface area (Å²) in [5.41, 5.74) is 2.19. The summed E-state index contributed by atoms with van der Waals surface area (Å²) in [6.45, 7) is 3.27. The highest BCUT2D eigenvalue weighted by atomic mass is 79.9. The Morgan fingerprint density at radius 3 is 3.12 bits per heavy atom. The van der Waals surface area contributed by atoms with Crippen LogP contribution in [-0.2, 0) is 6.54 Å². The van der Waals surface area contributed by atoms with E-state index in [2.05, 4.69) is 36.4 Å². The highest BCUT2D eigenvalue weighted by Crippen LogP contribution is 2.18. The zero-order valence-corrected chi connectivity index (χ0v) is 10.6. The van der Waals surface area contributed by atoms with Crippen molar-refractivity contribution in [3.8, 4) is 0 Å². The fraction of sp³-hybridized carbons (Fsp3) is 0.417. The third kappa shape index (κ3) is 1.99. The summed E-state index contributed by atoms with van der Waals surface area (Å²) >= 11 is 3.66. The van der Waals surface area contributed by atoms with Crippen LogP contribution in [0.5, 0.6) is 0 Å². The number of imidazole rings is 1. The van der Waals surface area contributed by atoms with Crippen LogP contribution in [0.3, 0.4) is 0 Å². The molecule has 2 aromatic heterocycles. The van der Waals surface area contributed by atoms with E-state index in [4.69, 9.17) is 0 Å². The van der Waals surface area contributed by atoms with Crippen molar-refractivity contribution in [3.05, 3.63) is 36.3 Å². The van der Waals surface area contributed by atoms with Gasteiger partial charge in [-0.3, -0.25) is 4.90 Å². The van der Waals surface area contributed by atoms with Crippen molar-refractivity contribution in [1.29, 1.82) is 0 Å². The van der Waals surface area contributed by atoms with Crippen molar-refractivity contribution in [1.82, 2.24) is 14.3 Å². The zero-order valence-electron chi connectivity index (χ0n) is 9.01. The summed E-state index contributed by atoms with van der Waals surface area (Å²) in [6, 6.07) is 6.10. The second-order valence-electron chi connectivity index (χ2n) is 4.32. The standard InChI is InChI=1S/C12H14BrN3/c13-10-4-6-15(7-10)8-11-9-16-5-2-1-3-12(16)14-11/h1-3,5,9-10H,4,6-8H2. The zero-order chi connectivity index (χ0) is 11.0. The van der Waals surface area contributed by atoms with Gasteiger partial charge >= 0.3 is 0 Å². The summed E-state index contributed by atoms with van der Waals surface area (Å²) in [6.07, 6.45) is 5.41. The highest BCUT2D eigenvalue weighted by molar-refractivity contribution is 9.09. The summed E-state index contributed by atoms with van der Waals surface area (Å²) < 4.78 is 2.08. The van der Waals surface area contributed by atoms with Gasteiger partial charge in [0.15, 0.2) is 0 Å². The van der Waals surface area contributed by atoms with Gasteiger partial charge in [-0.2, -0.15) is 0 Å². The third-order valence-electron chi connectivity index (χ3n) is 3.01. The lowest BCUT2D eigenvalue weighted by Gasteiger charge is -2.12. The predicted molar refractivity (Wildman–Crippen MR) is 67.8 cm³/mol. The van der Waals surface area contributed by atoms with Crippen molar-refractivity contribution in [2.45, 2.75) is 17.8 Å². The molecule has 0 saturated carbocycles. The minimum atomic E-state index is 0.657. The lowest BCUT2D eigenvalue weighted by molar-refractivity contribution is 0.329. The van der Waals surface area contributed by atoms with Crippen LogP contribution in [0.25, 0.3) is 5.65 Å². The molecule has 4 heteroatoms. The third-order valence-corrected chi connectivity index (χ3v) is 3.76. The molecule has 1 aliphatic heterocycles. The van der Waals surface area contributed by atoms with Crippen LogP contribution in [0.4, 0.5) is 0 Å². The summed E-state index contributed by atoms with van der Waals surface area (Å²) in [4.78, 5) is 7.71. The van der Waals surface area contributed by atoms with Gasteiger partial charge < -0.3 is 4.40 Å². The summed E-state index contributed by atoms with van der Waals surface area (Å²) in [5, 5.41) is 0. The number of likely N-dealkylation sites (tertiary alicyclic amines) is 1. The predicted octanol–water partition coefficient (Wildman–Crippen LogP) is 2.30. The molecule has 0 aromatic carbocycles. The van der Waals surface area contributed by atoms with E-state index in [0.29, 0.717) is 4.83 Å². The van der Waals surface area contributed by atoms with Crippen LogP contribution in [-0.4, -0.2) is 32.2 Å². The van der Waals surface area contributed by atoms with Gasteiger partial charge in [0.1, 0.15) is 5.65 Å². The maximum absolute atomic E-state index is 4.61. The Morgan fingerprint density at radius 2 is 2.38 bits per heavy atom. The lowest BCUT2D eigenvalue weighted by atomic mass is 10.4. The lowest BCUT2D eigenvalue weighted by Crippen LogP contribution is -2.20. The van der Waals surface area contributed by atoms with Crippen LogP contribution >= 0.6 is 15.9 Å². The first-order valence-corrected chi connectivity index (χ1v) is 6.52. The second kappa shape index (κ2) is 4.18. The first-order valence-electron chi connectivity index (χ1n) is 5.60. The normalized spacial score (nSPS) is 21.9. The first kappa shape index (κ1) is 10.3. The SMILES string of the molecule is BrC1CCN(Cc2cn3ccccc3n2)C1. The Kier molecular flexibility index (Phi) is 2.69. The Balaban J connectivity index is 1.79. The molecule has 1 unspecified atom stereocenters. The van der Waals surface area contributed by atoms with Gasteiger partial charge in [0.25, 0.3) is 0 Å². The minimum absolute atomic E-state index is 0.657. The number of rotatable bonds is 2. The van der Waals surface area contributed by atoms with Gasteiger partial charge in [-0.05, 0) is 25.1 Å². The largest absolute Gasteiger partial charge is 0.307 e. The monoisotopic (exact) mass is 279 g/mol. The molecule has 2 aromatic rings. The number of aromatic nitrogens is 2. The van der Waals surface area contributed by atoms with Crippen LogP contribution in [0.1, 0.15) is 12.1 Å². The van der Waals surface area contributed by atoms with Gasteiger partial charge in [0, 0.05) is 30.3 Å². The van der Waals surface area contributed by atoms with E-state index in [1.54, 1.807) is 0 Å². The van der Waals surface area contributed by atoms with Crippen molar-refractivity contribution < 1.29 is 0 Å². The van der Waals surface area contributed by atoms with Crippen molar-refractivity contribution in [2.75, 3.05) is 13.1 Å². The van der Waals surface area contributed by atoms with Gasteiger partial charge in [-0.25, -0.2) is 4.98 Å². The maximum atomic E-state index is 4.61. The average molecular weight is 280 g/mol. The topological polar surface area (TPSA) is 20.5 Å². The van der Waals surface area contributed by atoms with Crippen LogP contribution < -0.4 is 0 Å². The molecule has 16 heavy (non-hydrogen) atoms. The van der Waals surface area contributed by atoms with E-state index < -0.39 is 0 Å². The molecule has 0 radical (unpaired) electrons. The van der Waals surface area contributed by atoms with E-state index in [-0.39, 0.29) is 0 Å². The number of pyridine rings is 1. The average Bonchev–Trinajstić information content (AvgIpc) is 2.84. The molecule has 84 valence electrons. The minimum Gasteiger partial charge on any atom is -0.307 e. The Hall–Kier alpha value is -0.870. The van der Waals surface area contributed by atoms with E-state index in [1.807, 2.05) is 24.4 Å². The van der Waals surface area contributed by atoms with Gasteiger partial charge in [0.05, 0.1) is 5.69 Å². The molecule has 3 rings (SSSR count). The molecular formula is C12H14BrN3. The fourth-order valence-electron chi connectivity index (χ4n) is 2.22. The molecule has 1 fully saturated rings. The summed E-state index contributed by atoms with van der Waals surface area (Å²) in [7, 11) is 0. The Labute approximate surface area is 103 Å². The number of fused-ring (bicyclic) bond motifs is 1. The van der Waals surface area contributed by atoms with Gasteiger partial charge in [0.2, 0.25) is 0 Å². The number of nitrogens with zero attached hydrogens (tertiary/aromatic N) is 3. The number of halogens is 1. The van der Waals surface area contributed by atoms with E-state index in [9.17, 15) is 0 Å². The molecule has 0 amide bonds. The molecule has 3 heterocycles. The van der Waals surface area contributed by atoms with Crippen molar-refractivity contribution in [3.63, 3.8) is 0 Å². The number of hydrogen-bond donors (Lipinski definition) is 0. The highest BCUT2D eigenvalue weighted by Gasteiger charge is 2.20. The molecule has 0 spiro atoms. The molecular weight excluding hydrogens is 266 g/mol. The van der Waals surface area contributed by atoms with Crippen LogP contribution in [0.15, 0.2) is 30.6 Å². The number of alkyl halides is 1.